The molecule has 0 saturated carbocycles. The minimum atomic E-state index is -0.141. The Morgan fingerprint density at radius 3 is 2.74 bits per heavy atom. The van der Waals surface area contributed by atoms with E-state index in [0.717, 1.165) is 33.8 Å². The lowest BCUT2D eigenvalue weighted by Gasteiger charge is -2.32. The zero-order valence-corrected chi connectivity index (χ0v) is 18.2. The van der Waals surface area contributed by atoms with Gasteiger partial charge in [-0.05, 0) is 47.0 Å². The van der Waals surface area contributed by atoms with Crippen LogP contribution in [0.25, 0.3) is 22.2 Å². The molecule has 2 aromatic carbocycles. The van der Waals surface area contributed by atoms with Gasteiger partial charge in [-0.2, -0.15) is 0 Å². The minimum Gasteiger partial charge on any atom is -0.458 e. The molecular weight excluding hydrogens is 460 g/mol. The Morgan fingerprint density at radius 2 is 1.94 bits per heavy atom. The number of aromatic nitrogens is 3. The fourth-order valence-electron chi connectivity index (χ4n) is 3.78. The molecule has 4 aromatic rings. The van der Waals surface area contributed by atoms with Crippen molar-refractivity contribution in [3.63, 3.8) is 0 Å². The lowest BCUT2D eigenvalue weighted by molar-refractivity contribution is 0.0516. The van der Waals surface area contributed by atoms with E-state index < -0.39 is 0 Å². The van der Waals surface area contributed by atoms with E-state index >= 15 is 0 Å². The van der Waals surface area contributed by atoms with Crippen LogP contribution in [-0.2, 0) is 0 Å². The van der Waals surface area contributed by atoms with E-state index in [1.54, 1.807) is 18.5 Å². The van der Waals surface area contributed by atoms with Crippen molar-refractivity contribution in [1.82, 2.24) is 20.0 Å². The summed E-state index contributed by atoms with van der Waals surface area (Å²) >= 11 is 3.31. The van der Waals surface area contributed by atoms with Gasteiger partial charge >= 0.3 is 6.01 Å². The number of carbonyl (C=O) groups excluding carboxylic acids is 1. The molecule has 156 valence electrons. The Hall–Kier alpha value is -3.26. The van der Waals surface area contributed by atoms with E-state index in [1.807, 2.05) is 47.4 Å². The molecule has 0 aliphatic carbocycles. The summed E-state index contributed by atoms with van der Waals surface area (Å²) < 4.78 is 12.3. The van der Waals surface area contributed by atoms with Crippen LogP contribution >= 0.6 is 15.9 Å². The largest absolute Gasteiger partial charge is 0.458 e. The van der Waals surface area contributed by atoms with Gasteiger partial charge in [0.25, 0.3) is 5.91 Å². The number of hydrogen-bond acceptors (Lipinski definition) is 6. The quantitative estimate of drug-likeness (QED) is 0.421. The van der Waals surface area contributed by atoms with Crippen LogP contribution in [0.3, 0.4) is 0 Å². The first-order valence-corrected chi connectivity index (χ1v) is 10.8. The Labute approximate surface area is 187 Å². The molecule has 1 amide bonds. The van der Waals surface area contributed by atoms with E-state index in [0.29, 0.717) is 30.4 Å². The van der Waals surface area contributed by atoms with E-state index in [4.69, 9.17) is 9.26 Å². The van der Waals surface area contributed by atoms with Gasteiger partial charge in [0.1, 0.15) is 11.6 Å². The summed E-state index contributed by atoms with van der Waals surface area (Å²) in [6.45, 7) is 1.18. The van der Waals surface area contributed by atoms with Crippen molar-refractivity contribution in [2.75, 3.05) is 13.1 Å². The average molecular weight is 479 g/mol. The van der Waals surface area contributed by atoms with Gasteiger partial charge in [0.2, 0.25) is 0 Å². The van der Waals surface area contributed by atoms with Crippen LogP contribution in [0, 0.1) is 0 Å². The monoisotopic (exact) mass is 478 g/mol. The fraction of sp³-hybridized carbons (Fsp3) is 0.217. The third kappa shape index (κ3) is 4.16. The Balaban J connectivity index is 1.36. The normalized spacial score (nSPS) is 16.4. The van der Waals surface area contributed by atoms with E-state index in [1.165, 1.54) is 0 Å². The Kier molecular flexibility index (Phi) is 5.38. The average Bonchev–Trinajstić information content (AvgIpc) is 3.24. The van der Waals surface area contributed by atoms with Crippen molar-refractivity contribution in [2.45, 2.75) is 18.9 Å². The number of benzene rings is 2. The predicted molar refractivity (Wildman–Crippen MR) is 119 cm³/mol. The summed E-state index contributed by atoms with van der Waals surface area (Å²) in [7, 11) is 0. The second kappa shape index (κ2) is 8.47. The highest BCUT2D eigenvalue weighted by atomic mass is 79.9. The molecule has 7 nitrogen and oxygen atoms in total. The predicted octanol–water partition coefficient (Wildman–Crippen LogP) is 4.73. The summed E-state index contributed by atoms with van der Waals surface area (Å²) in [5.74, 6) is 0.629. The van der Waals surface area contributed by atoms with Crippen molar-refractivity contribution >= 4 is 32.7 Å². The van der Waals surface area contributed by atoms with Crippen LogP contribution in [-0.4, -0.2) is 45.1 Å². The van der Waals surface area contributed by atoms with Crippen LogP contribution in [0.1, 0.15) is 23.2 Å². The van der Waals surface area contributed by atoms with Gasteiger partial charge in [-0.15, -0.1) is 0 Å². The van der Waals surface area contributed by atoms with Crippen LogP contribution < -0.4 is 4.74 Å². The molecule has 1 unspecified atom stereocenters. The van der Waals surface area contributed by atoms with Gasteiger partial charge in [0, 0.05) is 30.1 Å². The number of rotatable bonds is 4. The van der Waals surface area contributed by atoms with Crippen LogP contribution in [0.4, 0.5) is 0 Å². The van der Waals surface area contributed by atoms with Gasteiger partial charge in [-0.25, -0.2) is 9.97 Å². The van der Waals surface area contributed by atoms with Crippen molar-refractivity contribution in [3.8, 4) is 17.3 Å². The first-order valence-electron chi connectivity index (χ1n) is 10.1. The number of amides is 1. The molecule has 0 spiro atoms. The summed E-state index contributed by atoms with van der Waals surface area (Å²) in [5, 5.41) is 4.96. The Morgan fingerprint density at radius 1 is 1.13 bits per heavy atom. The molecule has 1 aliphatic heterocycles. The molecule has 0 N–H and O–H groups in total. The first-order chi connectivity index (χ1) is 15.2. The zero-order valence-electron chi connectivity index (χ0n) is 16.6. The third-order valence-corrected chi connectivity index (χ3v) is 5.70. The summed E-state index contributed by atoms with van der Waals surface area (Å²) in [6, 6.07) is 15.6. The molecule has 31 heavy (non-hydrogen) atoms. The molecule has 1 fully saturated rings. The summed E-state index contributed by atoms with van der Waals surface area (Å²) in [5.41, 5.74) is 2.26. The number of fused-ring (bicyclic) bond motifs is 1. The number of piperidine rings is 1. The van der Waals surface area contributed by atoms with Crippen molar-refractivity contribution in [3.05, 3.63) is 71.0 Å². The van der Waals surface area contributed by atoms with Crippen LogP contribution in [0.2, 0.25) is 0 Å². The summed E-state index contributed by atoms with van der Waals surface area (Å²) in [6.07, 6.45) is 4.86. The molecule has 8 heteroatoms. The maximum Gasteiger partial charge on any atom is 0.316 e. The highest BCUT2D eigenvalue weighted by Gasteiger charge is 2.27. The van der Waals surface area contributed by atoms with Gasteiger partial charge in [0.05, 0.1) is 16.4 Å². The highest BCUT2D eigenvalue weighted by molar-refractivity contribution is 9.10. The number of nitrogens with zero attached hydrogens (tertiary/aromatic N) is 4. The van der Waals surface area contributed by atoms with Gasteiger partial charge in [-0.1, -0.05) is 35.5 Å². The van der Waals surface area contributed by atoms with Gasteiger partial charge in [0.15, 0.2) is 5.76 Å². The standard InChI is InChI=1S/C23H19BrN4O3/c24-17-12-25-23(26-13-17)30-18-7-4-10-28(14-18)22(29)16-8-9-20-19(11-16)21(31-27-20)15-5-2-1-3-6-15/h1-3,5-6,8-9,11-13,18H,4,7,10,14H2. The highest BCUT2D eigenvalue weighted by Crippen LogP contribution is 2.30. The number of halogens is 1. The molecular formula is C23H19BrN4O3. The zero-order chi connectivity index (χ0) is 21.2. The molecule has 1 saturated heterocycles. The van der Waals surface area contributed by atoms with Crippen molar-refractivity contribution in [2.24, 2.45) is 0 Å². The van der Waals surface area contributed by atoms with Gasteiger partial charge in [-0.3, -0.25) is 4.79 Å². The number of hydrogen-bond donors (Lipinski definition) is 0. The maximum absolute atomic E-state index is 13.2. The molecule has 1 aliphatic rings. The third-order valence-electron chi connectivity index (χ3n) is 5.29. The molecule has 2 aromatic heterocycles. The van der Waals surface area contributed by atoms with E-state index in [2.05, 4.69) is 31.1 Å². The summed E-state index contributed by atoms with van der Waals surface area (Å²) in [4.78, 5) is 23.4. The van der Waals surface area contributed by atoms with E-state index in [-0.39, 0.29) is 12.0 Å². The van der Waals surface area contributed by atoms with Gasteiger partial charge < -0.3 is 14.2 Å². The lowest BCUT2D eigenvalue weighted by Crippen LogP contribution is -2.44. The number of carbonyl (C=O) groups is 1. The second-order valence-electron chi connectivity index (χ2n) is 7.43. The molecule has 1 atom stereocenters. The van der Waals surface area contributed by atoms with Crippen molar-refractivity contribution < 1.29 is 14.1 Å². The smallest absolute Gasteiger partial charge is 0.316 e. The van der Waals surface area contributed by atoms with Crippen LogP contribution in [0.15, 0.2) is 69.9 Å². The Bertz CT molecular complexity index is 1210. The van der Waals surface area contributed by atoms with Crippen LogP contribution in [0.5, 0.6) is 6.01 Å². The number of ether oxygens (including phenoxy) is 1. The SMILES string of the molecule is O=C(c1ccc2noc(-c3ccccc3)c2c1)N1CCCC(Oc2ncc(Br)cn2)C1. The molecule has 0 bridgehead atoms. The molecule has 5 rings (SSSR count). The maximum atomic E-state index is 13.2. The first kappa shape index (κ1) is 19.7. The number of likely N-dealkylation sites (tertiary alicyclic amines) is 1. The fourth-order valence-corrected chi connectivity index (χ4v) is 3.99. The van der Waals surface area contributed by atoms with Crippen molar-refractivity contribution in [1.29, 1.82) is 0 Å². The molecule has 3 heterocycles. The topological polar surface area (TPSA) is 81.4 Å². The molecule has 0 radical (unpaired) electrons. The lowest BCUT2D eigenvalue weighted by atomic mass is 10.0. The van der Waals surface area contributed by atoms with E-state index in [9.17, 15) is 4.79 Å². The second-order valence-corrected chi connectivity index (χ2v) is 8.34. The minimum absolute atomic E-state index is 0.0351.